The largest absolute Gasteiger partial charge is 0.484 e. The molecule has 114 valence electrons. The number of hydrogen-bond donors (Lipinski definition) is 1. The van der Waals surface area contributed by atoms with Crippen molar-refractivity contribution < 1.29 is 19.4 Å². The summed E-state index contributed by atoms with van der Waals surface area (Å²) in [7, 11) is 0. The van der Waals surface area contributed by atoms with Crippen molar-refractivity contribution in [2.45, 2.75) is 19.4 Å². The summed E-state index contributed by atoms with van der Waals surface area (Å²) in [6.45, 7) is 2.49. The van der Waals surface area contributed by atoms with Gasteiger partial charge in [0.1, 0.15) is 5.75 Å². The van der Waals surface area contributed by atoms with Gasteiger partial charge in [0.2, 0.25) is 0 Å². The quantitative estimate of drug-likeness (QED) is 0.898. The van der Waals surface area contributed by atoms with Crippen LogP contribution in [0.3, 0.4) is 0 Å². The third kappa shape index (κ3) is 4.67. The molecule has 1 heterocycles. The number of hydrogen-bond acceptors (Lipinski definition) is 4. The van der Waals surface area contributed by atoms with Crippen molar-refractivity contribution in [3.63, 3.8) is 0 Å². The molecule has 1 aliphatic heterocycles. The van der Waals surface area contributed by atoms with Crippen LogP contribution in [-0.4, -0.2) is 52.6 Å². The van der Waals surface area contributed by atoms with E-state index in [4.69, 9.17) is 9.84 Å². The summed E-state index contributed by atoms with van der Waals surface area (Å²) in [5, 5.41) is 8.93. The zero-order chi connectivity index (χ0) is 15.2. The van der Waals surface area contributed by atoms with Crippen LogP contribution in [0, 0.1) is 6.92 Å². The Morgan fingerprint density at radius 2 is 2.29 bits per heavy atom. The fourth-order valence-corrected chi connectivity index (χ4v) is 3.35. The topological polar surface area (TPSA) is 66.8 Å². The fourth-order valence-electron chi connectivity index (χ4n) is 2.29. The van der Waals surface area contributed by atoms with Gasteiger partial charge < -0.3 is 14.7 Å². The minimum absolute atomic E-state index is 0.0107. The zero-order valence-corrected chi connectivity index (χ0v) is 12.8. The number of aryl methyl sites for hydroxylation is 1. The molecule has 6 heteroatoms. The van der Waals surface area contributed by atoms with Gasteiger partial charge in [0.05, 0.1) is 12.5 Å². The van der Waals surface area contributed by atoms with Crippen LogP contribution in [0.25, 0.3) is 0 Å². The van der Waals surface area contributed by atoms with Crippen molar-refractivity contribution >= 4 is 23.6 Å². The van der Waals surface area contributed by atoms with Gasteiger partial charge in [0.15, 0.2) is 6.61 Å². The van der Waals surface area contributed by atoms with E-state index < -0.39 is 5.97 Å². The summed E-state index contributed by atoms with van der Waals surface area (Å²) < 4.78 is 5.51. The number of aliphatic carboxylic acids is 1. The van der Waals surface area contributed by atoms with Crippen molar-refractivity contribution in [3.8, 4) is 5.75 Å². The molecule has 5 nitrogen and oxygen atoms in total. The van der Waals surface area contributed by atoms with Crippen molar-refractivity contribution in [2.24, 2.45) is 0 Å². The number of benzene rings is 1. The number of carboxylic acid groups (broad SMARTS) is 1. The number of nitrogens with zero attached hydrogens (tertiary/aromatic N) is 1. The van der Waals surface area contributed by atoms with Crippen molar-refractivity contribution in [1.29, 1.82) is 0 Å². The van der Waals surface area contributed by atoms with Gasteiger partial charge >= 0.3 is 5.97 Å². The van der Waals surface area contributed by atoms with Crippen molar-refractivity contribution in [3.05, 3.63) is 29.8 Å². The molecule has 1 aromatic carbocycles. The highest BCUT2D eigenvalue weighted by Gasteiger charge is 2.28. The molecule has 0 bridgehead atoms. The van der Waals surface area contributed by atoms with Crippen LogP contribution in [0.4, 0.5) is 0 Å². The molecule has 0 aliphatic carbocycles. The summed E-state index contributed by atoms with van der Waals surface area (Å²) in [5.74, 6) is 1.14. The highest BCUT2D eigenvalue weighted by molar-refractivity contribution is 7.99. The Morgan fingerprint density at radius 1 is 1.48 bits per heavy atom. The van der Waals surface area contributed by atoms with Gasteiger partial charge in [-0.3, -0.25) is 9.59 Å². The Hall–Kier alpha value is -1.69. The normalized spacial score (nSPS) is 18.3. The van der Waals surface area contributed by atoms with E-state index in [9.17, 15) is 9.59 Å². The number of rotatable bonds is 5. The van der Waals surface area contributed by atoms with E-state index in [-0.39, 0.29) is 25.0 Å². The van der Waals surface area contributed by atoms with Crippen LogP contribution in [-0.2, 0) is 9.59 Å². The fraction of sp³-hybridized carbons (Fsp3) is 0.467. The van der Waals surface area contributed by atoms with E-state index in [1.165, 1.54) is 0 Å². The van der Waals surface area contributed by atoms with Gasteiger partial charge in [0, 0.05) is 18.1 Å². The van der Waals surface area contributed by atoms with Crippen LogP contribution < -0.4 is 4.74 Å². The minimum Gasteiger partial charge on any atom is -0.484 e. The average molecular weight is 309 g/mol. The molecule has 1 fully saturated rings. The van der Waals surface area contributed by atoms with Crippen LogP contribution >= 0.6 is 11.8 Å². The molecule has 2 rings (SSSR count). The number of ether oxygens (including phenoxy) is 1. The van der Waals surface area contributed by atoms with Gasteiger partial charge in [-0.25, -0.2) is 0 Å². The van der Waals surface area contributed by atoms with Gasteiger partial charge in [-0.15, -0.1) is 0 Å². The molecular weight excluding hydrogens is 290 g/mol. The van der Waals surface area contributed by atoms with E-state index in [0.29, 0.717) is 18.0 Å². The first kappa shape index (κ1) is 15.7. The molecule has 1 aliphatic rings. The zero-order valence-electron chi connectivity index (χ0n) is 11.9. The van der Waals surface area contributed by atoms with Gasteiger partial charge in [-0.05, 0) is 24.6 Å². The number of thioether (sulfide) groups is 1. The number of carboxylic acids is 1. The Kier molecular flexibility index (Phi) is 5.50. The van der Waals surface area contributed by atoms with E-state index in [1.807, 2.05) is 25.1 Å². The van der Waals surface area contributed by atoms with Gasteiger partial charge in [-0.2, -0.15) is 11.8 Å². The lowest BCUT2D eigenvalue weighted by Crippen LogP contribution is -2.48. The molecule has 0 spiro atoms. The molecule has 1 atom stereocenters. The molecule has 1 amide bonds. The van der Waals surface area contributed by atoms with Crippen LogP contribution in [0.2, 0.25) is 0 Å². The Morgan fingerprint density at radius 3 is 3.00 bits per heavy atom. The molecule has 1 N–H and O–H groups in total. The Bertz CT molecular complexity index is 520. The summed E-state index contributed by atoms with van der Waals surface area (Å²) in [5.41, 5.74) is 1.07. The molecule has 0 radical (unpaired) electrons. The van der Waals surface area contributed by atoms with Gasteiger partial charge in [-0.1, -0.05) is 12.1 Å². The molecule has 1 aromatic rings. The number of amides is 1. The van der Waals surface area contributed by atoms with Crippen LogP contribution in [0.1, 0.15) is 12.0 Å². The molecular formula is C15H19NO4S. The smallest absolute Gasteiger partial charge is 0.305 e. The second-order valence-corrected chi connectivity index (χ2v) is 6.17. The van der Waals surface area contributed by atoms with Crippen molar-refractivity contribution in [2.75, 3.05) is 24.7 Å². The predicted molar refractivity (Wildman–Crippen MR) is 81.8 cm³/mol. The van der Waals surface area contributed by atoms with Crippen molar-refractivity contribution in [1.82, 2.24) is 4.90 Å². The Balaban J connectivity index is 1.92. The average Bonchev–Trinajstić information content (AvgIpc) is 2.45. The first-order chi connectivity index (χ1) is 10.1. The second-order valence-electron chi connectivity index (χ2n) is 5.02. The van der Waals surface area contributed by atoms with E-state index >= 15 is 0 Å². The molecule has 1 saturated heterocycles. The molecule has 0 aromatic heterocycles. The third-order valence-corrected chi connectivity index (χ3v) is 4.40. The molecule has 21 heavy (non-hydrogen) atoms. The maximum atomic E-state index is 12.2. The van der Waals surface area contributed by atoms with E-state index in [2.05, 4.69) is 0 Å². The van der Waals surface area contributed by atoms with E-state index in [1.54, 1.807) is 22.7 Å². The highest BCUT2D eigenvalue weighted by Crippen LogP contribution is 2.20. The number of carbonyl (C=O) groups excluding carboxylic acids is 1. The summed E-state index contributed by atoms with van der Waals surface area (Å²) >= 11 is 1.68. The van der Waals surface area contributed by atoms with Crippen LogP contribution in [0.15, 0.2) is 24.3 Å². The summed E-state index contributed by atoms with van der Waals surface area (Å²) in [6.07, 6.45) is -0.0107. The third-order valence-electron chi connectivity index (χ3n) is 3.31. The second kappa shape index (κ2) is 7.36. The maximum Gasteiger partial charge on any atom is 0.305 e. The first-order valence-electron chi connectivity index (χ1n) is 6.85. The summed E-state index contributed by atoms with van der Waals surface area (Å²) in [4.78, 5) is 24.8. The SMILES string of the molecule is Cc1cccc(OCC(=O)N2CCSCC2CC(=O)O)c1. The lowest BCUT2D eigenvalue weighted by atomic mass is 10.2. The highest BCUT2D eigenvalue weighted by atomic mass is 32.2. The molecule has 1 unspecified atom stereocenters. The maximum absolute atomic E-state index is 12.2. The van der Waals surface area contributed by atoms with Crippen LogP contribution in [0.5, 0.6) is 5.75 Å². The van der Waals surface area contributed by atoms with Gasteiger partial charge in [0.25, 0.3) is 5.91 Å². The predicted octanol–water partition coefficient (Wildman–Crippen LogP) is 1.79. The lowest BCUT2D eigenvalue weighted by molar-refractivity contribution is -0.141. The first-order valence-corrected chi connectivity index (χ1v) is 8.00. The summed E-state index contributed by atoms with van der Waals surface area (Å²) in [6, 6.07) is 7.27. The Labute approximate surface area is 128 Å². The molecule has 0 saturated carbocycles. The minimum atomic E-state index is -0.875. The van der Waals surface area contributed by atoms with E-state index in [0.717, 1.165) is 11.3 Å². The monoisotopic (exact) mass is 309 g/mol. The standard InChI is InChI=1S/C15H19NO4S/c1-11-3-2-4-13(7-11)20-9-14(17)16-5-6-21-10-12(16)8-15(18)19/h2-4,7,12H,5-6,8-10H2,1H3,(H,18,19). The number of carbonyl (C=O) groups is 2. The lowest BCUT2D eigenvalue weighted by Gasteiger charge is -2.34.